The molecule has 3 rings (SSSR count). The van der Waals surface area contributed by atoms with Gasteiger partial charge in [0.1, 0.15) is 23.3 Å². The molecule has 3 atom stereocenters. The smallest absolute Gasteiger partial charge is 0.411 e. The maximum absolute atomic E-state index is 14.0. The van der Waals surface area contributed by atoms with Crippen LogP contribution in [0.1, 0.15) is 38.8 Å². The summed E-state index contributed by atoms with van der Waals surface area (Å²) in [7, 11) is 0. The summed E-state index contributed by atoms with van der Waals surface area (Å²) in [5, 5.41) is 22.5. The zero-order chi connectivity index (χ0) is 24.3. The molecule has 0 aliphatic carbocycles. The number of carbonyl (C=O) groups is 2. The van der Waals surface area contributed by atoms with Crippen LogP contribution in [0.3, 0.4) is 0 Å². The lowest BCUT2D eigenvalue weighted by atomic mass is 10.00. The number of halogens is 2. The largest absolute Gasteiger partial charge is 0.444 e. The summed E-state index contributed by atoms with van der Waals surface area (Å²) in [4.78, 5) is 26.6. The van der Waals surface area contributed by atoms with Crippen molar-refractivity contribution in [2.24, 2.45) is 0 Å². The number of hydrogen-bond acceptors (Lipinski definition) is 5. The first-order chi connectivity index (χ1) is 15.5. The SMILES string of the molecule is CC(C)(C)OC(=O)N1C[C@H](O)C[C@H]1C(=O)N[C@@H](CO)c1ccc(-c2c(F)cccc2F)cc1. The number of aliphatic hydroxyl groups excluding tert-OH is 2. The summed E-state index contributed by atoms with van der Waals surface area (Å²) in [6.07, 6.45) is -1.55. The van der Waals surface area contributed by atoms with E-state index in [9.17, 15) is 28.6 Å². The molecule has 1 fully saturated rings. The van der Waals surface area contributed by atoms with E-state index in [4.69, 9.17) is 4.74 Å². The Kier molecular flexibility index (Phi) is 7.34. The highest BCUT2D eigenvalue weighted by molar-refractivity contribution is 5.86. The van der Waals surface area contributed by atoms with Gasteiger partial charge in [0.05, 0.1) is 30.9 Å². The fraction of sp³-hybridized carbons (Fsp3) is 0.417. The third-order valence-corrected chi connectivity index (χ3v) is 5.27. The fourth-order valence-electron chi connectivity index (χ4n) is 3.74. The van der Waals surface area contributed by atoms with Crippen LogP contribution in [0.15, 0.2) is 42.5 Å². The van der Waals surface area contributed by atoms with E-state index in [1.54, 1.807) is 32.9 Å². The van der Waals surface area contributed by atoms with Crippen molar-refractivity contribution in [2.75, 3.05) is 13.2 Å². The molecule has 1 aliphatic rings. The van der Waals surface area contributed by atoms with E-state index in [1.165, 1.54) is 23.1 Å². The van der Waals surface area contributed by atoms with E-state index >= 15 is 0 Å². The molecule has 7 nitrogen and oxygen atoms in total. The van der Waals surface area contributed by atoms with Gasteiger partial charge in [-0.2, -0.15) is 0 Å². The van der Waals surface area contributed by atoms with Gasteiger partial charge in [0.25, 0.3) is 0 Å². The number of nitrogens with one attached hydrogen (secondary N) is 1. The molecule has 0 bridgehead atoms. The van der Waals surface area contributed by atoms with E-state index < -0.39 is 54.0 Å². The summed E-state index contributed by atoms with van der Waals surface area (Å²) in [6.45, 7) is 4.61. The van der Waals surface area contributed by atoms with Crippen LogP contribution in [0.25, 0.3) is 11.1 Å². The Bertz CT molecular complexity index is 987. The topological polar surface area (TPSA) is 99.1 Å². The molecular formula is C24H28F2N2O5. The average Bonchev–Trinajstić information content (AvgIpc) is 3.13. The first-order valence-electron chi connectivity index (χ1n) is 10.6. The predicted molar refractivity (Wildman–Crippen MR) is 117 cm³/mol. The zero-order valence-electron chi connectivity index (χ0n) is 18.7. The fourth-order valence-corrected chi connectivity index (χ4v) is 3.74. The molecule has 1 heterocycles. The lowest BCUT2D eigenvalue weighted by Gasteiger charge is -2.28. The van der Waals surface area contributed by atoms with Crippen molar-refractivity contribution in [3.8, 4) is 11.1 Å². The molecule has 1 aliphatic heterocycles. The minimum Gasteiger partial charge on any atom is -0.444 e. The van der Waals surface area contributed by atoms with Gasteiger partial charge in [-0.1, -0.05) is 30.3 Å². The van der Waals surface area contributed by atoms with Crippen LogP contribution in [-0.2, 0) is 9.53 Å². The van der Waals surface area contributed by atoms with Crippen molar-refractivity contribution in [2.45, 2.75) is 51.0 Å². The highest BCUT2D eigenvalue weighted by Gasteiger charge is 2.41. The number of ether oxygens (including phenoxy) is 1. The molecule has 9 heteroatoms. The summed E-state index contributed by atoms with van der Waals surface area (Å²) >= 11 is 0. The third-order valence-electron chi connectivity index (χ3n) is 5.27. The normalized spacial score (nSPS) is 19.3. The average molecular weight is 462 g/mol. The molecule has 2 aromatic carbocycles. The van der Waals surface area contributed by atoms with Crippen LogP contribution in [0, 0.1) is 11.6 Å². The second kappa shape index (κ2) is 9.84. The van der Waals surface area contributed by atoms with E-state index in [2.05, 4.69) is 5.32 Å². The lowest BCUT2D eigenvalue weighted by molar-refractivity contribution is -0.126. The molecule has 3 N–H and O–H groups in total. The van der Waals surface area contributed by atoms with Gasteiger partial charge in [0, 0.05) is 6.42 Å². The predicted octanol–water partition coefficient (Wildman–Crippen LogP) is 3.15. The molecular weight excluding hydrogens is 434 g/mol. The van der Waals surface area contributed by atoms with Gasteiger partial charge in [-0.25, -0.2) is 13.6 Å². The van der Waals surface area contributed by atoms with Crippen molar-refractivity contribution in [3.05, 3.63) is 59.7 Å². The van der Waals surface area contributed by atoms with Crippen molar-refractivity contribution >= 4 is 12.0 Å². The maximum atomic E-state index is 14.0. The minimum atomic E-state index is -0.962. The number of aliphatic hydroxyl groups is 2. The summed E-state index contributed by atoms with van der Waals surface area (Å²) in [6, 6.07) is 7.92. The monoisotopic (exact) mass is 462 g/mol. The van der Waals surface area contributed by atoms with Crippen LogP contribution in [0.5, 0.6) is 0 Å². The van der Waals surface area contributed by atoms with Crippen molar-refractivity contribution in [3.63, 3.8) is 0 Å². The van der Waals surface area contributed by atoms with E-state index in [1.807, 2.05) is 0 Å². The van der Waals surface area contributed by atoms with Crippen molar-refractivity contribution in [1.29, 1.82) is 0 Å². The summed E-state index contributed by atoms with van der Waals surface area (Å²) < 4.78 is 33.4. The molecule has 178 valence electrons. The molecule has 0 spiro atoms. The second-order valence-electron chi connectivity index (χ2n) is 9.00. The van der Waals surface area contributed by atoms with E-state index in [-0.39, 0.29) is 18.5 Å². The van der Waals surface area contributed by atoms with Gasteiger partial charge in [-0.05, 0) is 44.0 Å². The van der Waals surface area contributed by atoms with Crippen molar-refractivity contribution in [1.82, 2.24) is 10.2 Å². The van der Waals surface area contributed by atoms with Gasteiger partial charge in [0.2, 0.25) is 5.91 Å². The van der Waals surface area contributed by atoms with Crippen LogP contribution in [0.2, 0.25) is 0 Å². The Labute approximate surface area is 191 Å². The Morgan fingerprint density at radius 2 is 1.76 bits per heavy atom. The Balaban J connectivity index is 1.74. The number of benzene rings is 2. The number of likely N-dealkylation sites (tertiary alicyclic amines) is 1. The molecule has 0 aromatic heterocycles. The Hall–Kier alpha value is -3.04. The number of β-amino-alcohol motifs (C(OH)–C–C–N with tert-alkyl or cyclic N) is 1. The standard InChI is InChI=1S/C24H28F2N2O5/c1-24(2,3)33-23(32)28-12-16(30)11-20(28)22(31)27-19(13-29)14-7-9-15(10-8-14)21-17(25)5-4-6-18(21)26/h4-10,16,19-20,29-30H,11-13H2,1-3H3,(H,27,31)/t16-,19+,20+/m1/s1. The quantitative estimate of drug-likeness (QED) is 0.634. The Morgan fingerprint density at radius 3 is 2.30 bits per heavy atom. The highest BCUT2D eigenvalue weighted by Crippen LogP contribution is 2.28. The molecule has 0 unspecified atom stereocenters. The lowest BCUT2D eigenvalue weighted by Crippen LogP contribution is -2.48. The molecule has 0 radical (unpaired) electrons. The highest BCUT2D eigenvalue weighted by atomic mass is 19.1. The van der Waals surface area contributed by atoms with Gasteiger partial charge in [0.15, 0.2) is 0 Å². The molecule has 0 saturated carbocycles. The van der Waals surface area contributed by atoms with Crippen LogP contribution >= 0.6 is 0 Å². The molecule has 2 aromatic rings. The maximum Gasteiger partial charge on any atom is 0.411 e. The van der Waals surface area contributed by atoms with Crippen LogP contribution < -0.4 is 5.32 Å². The van der Waals surface area contributed by atoms with Gasteiger partial charge < -0.3 is 20.3 Å². The number of rotatable bonds is 5. The summed E-state index contributed by atoms with van der Waals surface area (Å²) in [5.41, 5.74) is -0.110. The minimum absolute atomic E-state index is 0.0364. The second-order valence-corrected chi connectivity index (χ2v) is 9.00. The Morgan fingerprint density at radius 1 is 1.15 bits per heavy atom. The van der Waals surface area contributed by atoms with Crippen LogP contribution in [0.4, 0.5) is 13.6 Å². The number of carbonyl (C=O) groups excluding carboxylic acids is 2. The van der Waals surface area contributed by atoms with E-state index in [0.717, 1.165) is 12.1 Å². The zero-order valence-corrected chi connectivity index (χ0v) is 18.7. The van der Waals surface area contributed by atoms with Crippen LogP contribution in [-0.4, -0.2) is 58.0 Å². The van der Waals surface area contributed by atoms with Gasteiger partial charge in [-0.3, -0.25) is 9.69 Å². The molecule has 2 amide bonds. The molecule has 1 saturated heterocycles. The third kappa shape index (κ3) is 5.85. The number of amides is 2. The number of nitrogens with zero attached hydrogens (tertiary/aromatic N) is 1. The number of hydrogen-bond donors (Lipinski definition) is 3. The first-order valence-corrected chi connectivity index (χ1v) is 10.6. The van der Waals surface area contributed by atoms with E-state index in [0.29, 0.717) is 11.1 Å². The first kappa shape index (κ1) is 24.6. The van der Waals surface area contributed by atoms with Gasteiger partial charge >= 0.3 is 6.09 Å². The summed E-state index contributed by atoms with van der Waals surface area (Å²) in [5.74, 6) is -1.95. The van der Waals surface area contributed by atoms with Crippen molar-refractivity contribution < 1.29 is 33.3 Å². The molecule has 33 heavy (non-hydrogen) atoms. The van der Waals surface area contributed by atoms with Gasteiger partial charge in [-0.15, -0.1) is 0 Å².